The van der Waals surface area contributed by atoms with Crippen molar-refractivity contribution >= 4 is 5.91 Å². The Balaban J connectivity index is 1.63. The fraction of sp³-hybridized carbons (Fsp3) is 0.933. The van der Waals surface area contributed by atoms with Gasteiger partial charge in [-0.3, -0.25) is 4.79 Å². The van der Waals surface area contributed by atoms with Crippen LogP contribution >= 0.6 is 0 Å². The van der Waals surface area contributed by atoms with E-state index in [-0.39, 0.29) is 12.0 Å². The van der Waals surface area contributed by atoms with Gasteiger partial charge in [-0.2, -0.15) is 0 Å². The number of hydrogen-bond acceptors (Lipinski definition) is 3. The van der Waals surface area contributed by atoms with Crippen molar-refractivity contribution in [3.63, 3.8) is 0 Å². The first-order valence-electron chi connectivity index (χ1n) is 7.88. The third-order valence-electron chi connectivity index (χ3n) is 4.30. The molecule has 0 spiro atoms. The van der Waals surface area contributed by atoms with Gasteiger partial charge in [-0.15, -0.1) is 0 Å². The number of rotatable bonds is 5. The van der Waals surface area contributed by atoms with E-state index in [1.54, 1.807) is 0 Å². The summed E-state index contributed by atoms with van der Waals surface area (Å²) in [6.45, 7) is 4.71. The van der Waals surface area contributed by atoms with Crippen molar-refractivity contribution in [2.75, 3.05) is 19.7 Å². The number of piperidine rings is 1. The molecule has 2 N–H and O–H groups in total. The SMILES string of the molecule is CC(OCC1CCCNC1)C(=O)NC1CCCCC1. The molecule has 0 bridgehead atoms. The molecule has 0 radical (unpaired) electrons. The second-order valence-electron chi connectivity index (χ2n) is 6.03. The Morgan fingerprint density at radius 3 is 2.74 bits per heavy atom. The zero-order valence-electron chi connectivity index (χ0n) is 12.1. The molecular formula is C15H28N2O2. The molecule has 19 heavy (non-hydrogen) atoms. The van der Waals surface area contributed by atoms with Gasteiger partial charge in [0.25, 0.3) is 0 Å². The molecule has 2 fully saturated rings. The predicted molar refractivity (Wildman–Crippen MR) is 76.0 cm³/mol. The van der Waals surface area contributed by atoms with Crippen LogP contribution in [0.4, 0.5) is 0 Å². The predicted octanol–water partition coefficient (Wildman–Crippen LogP) is 1.84. The van der Waals surface area contributed by atoms with Crippen LogP contribution in [0.1, 0.15) is 51.9 Å². The Kier molecular flexibility index (Phi) is 6.11. The van der Waals surface area contributed by atoms with Gasteiger partial charge in [0.05, 0.1) is 6.61 Å². The molecule has 1 aliphatic carbocycles. The minimum atomic E-state index is -0.316. The van der Waals surface area contributed by atoms with Crippen molar-refractivity contribution in [2.45, 2.75) is 64.0 Å². The summed E-state index contributed by atoms with van der Waals surface area (Å²) in [5.74, 6) is 0.634. The van der Waals surface area contributed by atoms with Gasteiger partial charge < -0.3 is 15.4 Å². The third kappa shape index (κ3) is 5.11. The Labute approximate surface area is 116 Å². The number of ether oxygens (including phenoxy) is 1. The van der Waals surface area contributed by atoms with Gasteiger partial charge >= 0.3 is 0 Å². The Morgan fingerprint density at radius 1 is 1.26 bits per heavy atom. The molecule has 2 unspecified atom stereocenters. The first kappa shape index (κ1) is 14.8. The van der Waals surface area contributed by atoms with Crippen molar-refractivity contribution in [1.29, 1.82) is 0 Å². The highest BCUT2D eigenvalue weighted by Gasteiger charge is 2.21. The van der Waals surface area contributed by atoms with Crippen LogP contribution in [0.2, 0.25) is 0 Å². The first-order chi connectivity index (χ1) is 9.25. The fourth-order valence-electron chi connectivity index (χ4n) is 2.99. The van der Waals surface area contributed by atoms with E-state index in [1.165, 1.54) is 32.1 Å². The highest BCUT2D eigenvalue weighted by Crippen LogP contribution is 2.17. The molecule has 1 aliphatic heterocycles. The topological polar surface area (TPSA) is 50.4 Å². The smallest absolute Gasteiger partial charge is 0.249 e. The van der Waals surface area contributed by atoms with Gasteiger partial charge in [0.15, 0.2) is 0 Å². The van der Waals surface area contributed by atoms with Crippen LogP contribution < -0.4 is 10.6 Å². The Bertz CT molecular complexity index is 271. The van der Waals surface area contributed by atoms with Gasteiger partial charge in [0.2, 0.25) is 5.91 Å². The number of nitrogens with one attached hydrogen (secondary N) is 2. The second-order valence-corrected chi connectivity index (χ2v) is 6.03. The van der Waals surface area contributed by atoms with Crippen LogP contribution in [0.15, 0.2) is 0 Å². The molecule has 1 saturated heterocycles. The molecule has 2 aliphatic rings. The lowest BCUT2D eigenvalue weighted by Gasteiger charge is -2.26. The van der Waals surface area contributed by atoms with E-state index in [0.29, 0.717) is 18.6 Å². The number of hydrogen-bond donors (Lipinski definition) is 2. The molecule has 4 heteroatoms. The maximum absolute atomic E-state index is 12.0. The Hall–Kier alpha value is -0.610. The average molecular weight is 268 g/mol. The van der Waals surface area contributed by atoms with Crippen LogP contribution in [-0.2, 0) is 9.53 Å². The lowest BCUT2D eigenvalue weighted by molar-refractivity contribution is -0.133. The largest absolute Gasteiger partial charge is 0.368 e. The van der Waals surface area contributed by atoms with Crippen LogP contribution in [0, 0.1) is 5.92 Å². The monoisotopic (exact) mass is 268 g/mol. The van der Waals surface area contributed by atoms with Gasteiger partial charge in [-0.05, 0) is 45.1 Å². The van der Waals surface area contributed by atoms with Crippen molar-refractivity contribution < 1.29 is 9.53 Å². The summed E-state index contributed by atoms with van der Waals surface area (Å²) in [6.07, 6.45) is 8.18. The lowest BCUT2D eigenvalue weighted by atomic mass is 9.95. The molecule has 0 aromatic rings. The van der Waals surface area contributed by atoms with Gasteiger partial charge in [-0.25, -0.2) is 0 Å². The zero-order valence-corrected chi connectivity index (χ0v) is 12.1. The molecule has 2 rings (SSSR count). The van der Waals surface area contributed by atoms with E-state index in [2.05, 4.69) is 10.6 Å². The van der Waals surface area contributed by atoms with Crippen LogP contribution in [0.25, 0.3) is 0 Å². The zero-order chi connectivity index (χ0) is 13.5. The fourth-order valence-corrected chi connectivity index (χ4v) is 2.99. The van der Waals surface area contributed by atoms with E-state index < -0.39 is 0 Å². The van der Waals surface area contributed by atoms with Gasteiger partial charge in [0, 0.05) is 12.6 Å². The number of carbonyl (C=O) groups excluding carboxylic acids is 1. The molecule has 1 amide bonds. The van der Waals surface area contributed by atoms with Crippen LogP contribution in [0.5, 0.6) is 0 Å². The third-order valence-corrected chi connectivity index (χ3v) is 4.30. The lowest BCUT2D eigenvalue weighted by Crippen LogP contribution is -2.43. The van der Waals surface area contributed by atoms with E-state index in [1.807, 2.05) is 6.92 Å². The van der Waals surface area contributed by atoms with Gasteiger partial charge in [-0.1, -0.05) is 19.3 Å². The molecule has 0 aromatic heterocycles. The van der Waals surface area contributed by atoms with E-state index in [0.717, 1.165) is 25.9 Å². The summed E-state index contributed by atoms with van der Waals surface area (Å²) in [7, 11) is 0. The molecule has 1 saturated carbocycles. The standard InChI is InChI=1S/C15H28N2O2/c1-12(19-11-13-6-5-9-16-10-13)15(18)17-14-7-3-2-4-8-14/h12-14,16H,2-11H2,1H3,(H,17,18). The Morgan fingerprint density at radius 2 is 2.05 bits per heavy atom. The quantitative estimate of drug-likeness (QED) is 0.800. The molecule has 4 nitrogen and oxygen atoms in total. The highest BCUT2D eigenvalue weighted by molar-refractivity contribution is 5.80. The second kappa shape index (κ2) is 7.85. The van der Waals surface area contributed by atoms with Crippen LogP contribution in [-0.4, -0.2) is 37.7 Å². The summed E-state index contributed by atoms with van der Waals surface area (Å²) >= 11 is 0. The van der Waals surface area contributed by atoms with Crippen molar-refractivity contribution in [3.8, 4) is 0 Å². The van der Waals surface area contributed by atoms with Crippen molar-refractivity contribution in [3.05, 3.63) is 0 Å². The highest BCUT2D eigenvalue weighted by atomic mass is 16.5. The van der Waals surface area contributed by atoms with E-state index in [9.17, 15) is 4.79 Å². The summed E-state index contributed by atoms with van der Waals surface area (Å²) in [5.41, 5.74) is 0. The van der Waals surface area contributed by atoms with E-state index in [4.69, 9.17) is 4.74 Å². The first-order valence-corrected chi connectivity index (χ1v) is 7.88. The van der Waals surface area contributed by atoms with E-state index >= 15 is 0 Å². The minimum absolute atomic E-state index is 0.0654. The molecule has 0 aromatic carbocycles. The maximum atomic E-state index is 12.0. The summed E-state index contributed by atoms with van der Waals surface area (Å²) in [5, 5.41) is 6.50. The average Bonchev–Trinajstić information content (AvgIpc) is 2.47. The maximum Gasteiger partial charge on any atom is 0.249 e. The van der Waals surface area contributed by atoms with Crippen molar-refractivity contribution in [1.82, 2.24) is 10.6 Å². The van der Waals surface area contributed by atoms with Crippen molar-refractivity contribution in [2.24, 2.45) is 5.92 Å². The normalized spacial score (nSPS) is 26.9. The molecule has 2 atom stereocenters. The van der Waals surface area contributed by atoms with Gasteiger partial charge in [0.1, 0.15) is 6.10 Å². The summed E-state index contributed by atoms with van der Waals surface area (Å²) < 4.78 is 5.73. The summed E-state index contributed by atoms with van der Waals surface area (Å²) in [6, 6.07) is 0.378. The number of carbonyl (C=O) groups is 1. The minimum Gasteiger partial charge on any atom is -0.368 e. The molecule has 110 valence electrons. The van der Waals surface area contributed by atoms with Crippen LogP contribution in [0.3, 0.4) is 0 Å². The summed E-state index contributed by atoms with van der Waals surface area (Å²) in [4.78, 5) is 12.0. The molecular weight excluding hydrogens is 240 g/mol. The molecule has 1 heterocycles. The number of amides is 1.